The van der Waals surface area contributed by atoms with Crippen molar-refractivity contribution in [3.05, 3.63) is 109 Å². The highest BCUT2D eigenvalue weighted by Crippen LogP contribution is 2.14. The third-order valence-corrected chi connectivity index (χ3v) is 12.3. The Labute approximate surface area is 434 Å². The molecule has 0 bridgehead atoms. The fourth-order valence-corrected chi connectivity index (χ4v) is 7.96. The Kier molecular flexibility index (Phi) is 56.9. The monoisotopic (exact) mass is 971 g/mol. The van der Waals surface area contributed by atoms with Gasteiger partial charge < -0.3 is 14.2 Å². The average molecular weight is 972 g/mol. The number of carbonyl (C=O) groups excluding carboxylic acids is 2. The number of hydrogen-bond donors (Lipinski definition) is 0. The minimum Gasteiger partial charge on any atom is -0.462 e. The van der Waals surface area contributed by atoms with E-state index in [2.05, 4.69) is 130 Å². The second-order valence-corrected chi connectivity index (χ2v) is 19.1. The van der Waals surface area contributed by atoms with Gasteiger partial charge in [0.05, 0.1) is 6.61 Å². The normalized spacial score (nSPS) is 13.0. The van der Waals surface area contributed by atoms with Crippen LogP contribution in [0.4, 0.5) is 0 Å². The van der Waals surface area contributed by atoms with Gasteiger partial charge in [-0.1, -0.05) is 239 Å². The number of ether oxygens (including phenoxy) is 3. The molecule has 0 amide bonds. The van der Waals surface area contributed by atoms with Crippen molar-refractivity contribution >= 4 is 11.9 Å². The molecule has 70 heavy (non-hydrogen) atoms. The van der Waals surface area contributed by atoms with Gasteiger partial charge >= 0.3 is 11.9 Å². The van der Waals surface area contributed by atoms with Crippen molar-refractivity contribution in [1.82, 2.24) is 0 Å². The predicted molar refractivity (Wildman–Crippen MR) is 306 cm³/mol. The lowest BCUT2D eigenvalue weighted by atomic mass is 10.1. The van der Waals surface area contributed by atoms with E-state index in [1.54, 1.807) is 0 Å². The number of hydrogen-bond acceptors (Lipinski definition) is 5. The highest BCUT2D eigenvalue weighted by atomic mass is 16.6. The van der Waals surface area contributed by atoms with Crippen LogP contribution >= 0.6 is 0 Å². The summed E-state index contributed by atoms with van der Waals surface area (Å²) in [5.41, 5.74) is 0. The van der Waals surface area contributed by atoms with Crippen molar-refractivity contribution in [3.8, 4) is 0 Å². The van der Waals surface area contributed by atoms with Crippen LogP contribution in [0.3, 0.4) is 0 Å². The first-order valence-electron chi connectivity index (χ1n) is 29.4. The fourth-order valence-electron chi connectivity index (χ4n) is 7.96. The van der Waals surface area contributed by atoms with Gasteiger partial charge in [0.2, 0.25) is 0 Å². The molecule has 0 aromatic rings. The summed E-state index contributed by atoms with van der Waals surface area (Å²) in [7, 11) is 0. The summed E-state index contributed by atoms with van der Waals surface area (Å²) < 4.78 is 17.5. The van der Waals surface area contributed by atoms with E-state index in [0.717, 1.165) is 116 Å². The summed E-state index contributed by atoms with van der Waals surface area (Å²) in [5.74, 6) is -0.426. The topological polar surface area (TPSA) is 61.8 Å². The van der Waals surface area contributed by atoms with Gasteiger partial charge in [0.15, 0.2) is 6.10 Å². The number of esters is 2. The highest BCUT2D eigenvalue weighted by Gasteiger charge is 2.17. The Morgan fingerprint density at radius 3 is 1.03 bits per heavy atom. The smallest absolute Gasteiger partial charge is 0.306 e. The quantitative estimate of drug-likeness (QED) is 0.0345. The maximum Gasteiger partial charge on any atom is 0.306 e. The Morgan fingerprint density at radius 2 is 0.643 bits per heavy atom. The van der Waals surface area contributed by atoms with Gasteiger partial charge in [0.1, 0.15) is 6.61 Å². The Morgan fingerprint density at radius 1 is 0.329 bits per heavy atom. The molecule has 0 saturated heterocycles. The zero-order valence-corrected chi connectivity index (χ0v) is 46.0. The molecule has 0 N–H and O–H groups in total. The summed E-state index contributed by atoms with van der Waals surface area (Å²) in [6.07, 6.45) is 82.5. The van der Waals surface area contributed by atoms with E-state index in [0.29, 0.717) is 19.4 Å². The fraction of sp³-hybridized carbons (Fsp3) is 0.692. The number of carbonyl (C=O) groups is 2. The zero-order chi connectivity index (χ0) is 50.6. The molecule has 0 rings (SSSR count). The van der Waals surface area contributed by atoms with Crippen LogP contribution < -0.4 is 0 Å². The van der Waals surface area contributed by atoms with E-state index in [1.807, 2.05) is 0 Å². The predicted octanol–water partition coefficient (Wildman–Crippen LogP) is 20.3. The summed E-state index contributed by atoms with van der Waals surface area (Å²) in [6.45, 7) is 7.55. The molecule has 0 aliphatic carbocycles. The second-order valence-electron chi connectivity index (χ2n) is 19.1. The molecule has 1 atom stereocenters. The number of allylic oxidation sites excluding steroid dienone is 18. The summed E-state index contributed by atoms with van der Waals surface area (Å²) in [4.78, 5) is 25.6. The molecule has 0 fully saturated rings. The van der Waals surface area contributed by atoms with E-state index in [-0.39, 0.29) is 25.2 Å². The van der Waals surface area contributed by atoms with Crippen LogP contribution in [0.5, 0.6) is 0 Å². The first-order chi connectivity index (χ1) is 34.6. The van der Waals surface area contributed by atoms with Crippen molar-refractivity contribution in [2.75, 3.05) is 19.8 Å². The van der Waals surface area contributed by atoms with Gasteiger partial charge in [-0.05, 0) is 122 Å². The molecule has 0 heterocycles. The summed E-state index contributed by atoms with van der Waals surface area (Å²) in [5, 5.41) is 0. The Hall–Kier alpha value is -3.44. The Bertz CT molecular complexity index is 1380. The first kappa shape index (κ1) is 66.6. The molecule has 5 heteroatoms. The van der Waals surface area contributed by atoms with E-state index >= 15 is 0 Å². The minimum atomic E-state index is -0.559. The molecule has 400 valence electrons. The van der Waals surface area contributed by atoms with Crippen LogP contribution in [-0.2, 0) is 23.8 Å². The molecule has 5 nitrogen and oxygen atoms in total. The van der Waals surface area contributed by atoms with Gasteiger partial charge in [-0.3, -0.25) is 9.59 Å². The van der Waals surface area contributed by atoms with E-state index < -0.39 is 6.10 Å². The molecule has 0 aliphatic heterocycles. The van der Waals surface area contributed by atoms with Gasteiger partial charge in [0.25, 0.3) is 0 Å². The van der Waals surface area contributed by atoms with E-state index in [9.17, 15) is 9.59 Å². The van der Waals surface area contributed by atoms with Crippen LogP contribution in [-0.4, -0.2) is 37.9 Å². The zero-order valence-electron chi connectivity index (χ0n) is 46.0. The second kappa shape index (κ2) is 59.9. The number of unbranched alkanes of at least 4 members (excludes halogenated alkanes) is 24. The van der Waals surface area contributed by atoms with Gasteiger partial charge in [-0.2, -0.15) is 0 Å². The summed E-state index contributed by atoms with van der Waals surface area (Å²) in [6, 6.07) is 0. The molecule has 0 spiro atoms. The SMILES string of the molecule is CC/C=C\C/C=C\C/C=C\CCCCCCCCCCOCC(COC(=O)CCCCCCCC/C=C\C/C=C\C/C=C\CCCCC)OC(=O)CCCCCCCCC/C=C\C/C=C\C/C=C\CC. The summed E-state index contributed by atoms with van der Waals surface area (Å²) >= 11 is 0. The van der Waals surface area contributed by atoms with Crippen molar-refractivity contribution in [2.45, 2.75) is 271 Å². The molecule has 1 unspecified atom stereocenters. The van der Waals surface area contributed by atoms with Crippen LogP contribution in [0.2, 0.25) is 0 Å². The van der Waals surface area contributed by atoms with Crippen LogP contribution in [0.15, 0.2) is 109 Å². The van der Waals surface area contributed by atoms with E-state index in [4.69, 9.17) is 14.2 Å². The van der Waals surface area contributed by atoms with Crippen LogP contribution in [0, 0.1) is 0 Å². The molecule has 0 aromatic carbocycles. The van der Waals surface area contributed by atoms with Crippen molar-refractivity contribution < 1.29 is 23.8 Å². The maximum absolute atomic E-state index is 12.9. The lowest BCUT2D eigenvalue weighted by Crippen LogP contribution is -2.30. The van der Waals surface area contributed by atoms with Gasteiger partial charge in [0, 0.05) is 19.4 Å². The standard InChI is InChI=1S/C65H110O5/c1-4-7-10-13-16-19-22-25-28-31-33-35-37-40-43-46-49-52-55-58-64(66)69-62-63(61-68-60-57-54-51-48-45-42-39-36-32-29-26-23-20-17-14-11-8-5-2)70-65(67)59-56-53-50-47-44-41-38-34-30-27-24-21-18-15-12-9-6-3/h8-9,11-12,16-21,25-30,33,35,63H,4-7,10,13-15,22-24,31-32,34,36-62H2,1-3H3/b11-8-,12-9-,19-16-,20-17-,21-18-,28-25-,29-26-,30-27-,35-33-. The molecule has 0 saturated carbocycles. The van der Waals surface area contributed by atoms with Crippen molar-refractivity contribution in [2.24, 2.45) is 0 Å². The van der Waals surface area contributed by atoms with Crippen molar-refractivity contribution in [1.29, 1.82) is 0 Å². The molecular weight excluding hydrogens is 861 g/mol. The molecular formula is C65H110O5. The van der Waals surface area contributed by atoms with E-state index in [1.165, 1.54) is 116 Å². The maximum atomic E-state index is 12.9. The van der Waals surface area contributed by atoms with Crippen LogP contribution in [0.25, 0.3) is 0 Å². The number of rotatable bonds is 53. The van der Waals surface area contributed by atoms with Gasteiger partial charge in [-0.15, -0.1) is 0 Å². The van der Waals surface area contributed by atoms with Gasteiger partial charge in [-0.25, -0.2) is 0 Å². The largest absolute Gasteiger partial charge is 0.462 e. The molecule has 0 radical (unpaired) electrons. The van der Waals surface area contributed by atoms with Crippen LogP contribution in [0.1, 0.15) is 265 Å². The Balaban J connectivity index is 4.35. The lowest BCUT2D eigenvalue weighted by Gasteiger charge is -2.18. The average Bonchev–Trinajstić information content (AvgIpc) is 3.36. The third kappa shape index (κ3) is 57.1. The van der Waals surface area contributed by atoms with Crippen molar-refractivity contribution in [3.63, 3.8) is 0 Å². The first-order valence-corrected chi connectivity index (χ1v) is 29.4. The highest BCUT2D eigenvalue weighted by molar-refractivity contribution is 5.70. The lowest BCUT2D eigenvalue weighted by molar-refractivity contribution is -0.163. The molecule has 0 aliphatic rings. The third-order valence-electron chi connectivity index (χ3n) is 12.3. The molecule has 0 aromatic heterocycles. The minimum absolute atomic E-state index is 0.0658.